The molecule has 4 aromatic rings. The molecule has 0 aliphatic carbocycles. The number of para-hydroxylation sites is 3. The molecule has 0 amide bonds. The molecule has 4 rings (SSSR count). The second-order valence-electron chi connectivity index (χ2n) is 6.71. The quantitative estimate of drug-likeness (QED) is 0.247. The molecule has 0 saturated heterocycles. The van der Waals surface area contributed by atoms with Gasteiger partial charge in [-0.05, 0) is 54.5 Å². The summed E-state index contributed by atoms with van der Waals surface area (Å²) < 4.78 is 8.37. The summed E-state index contributed by atoms with van der Waals surface area (Å²) in [6.45, 7) is 5.48. The summed E-state index contributed by atoms with van der Waals surface area (Å²) in [6, 6.07) is 20.8. The highest BCUT2D eigenvalue weighted by atomic mass is 32.1. The molecular weight excluding hydrogens is 364 g/mol. The molecule has 142 valence electrons. The van der Waals surface area contributed by atoms with E-state index >= 15 is 0 Å². The molecule has 0 atom stereocenters. The van der Waals surface area contributed by atoms with Crippen LogP contribution in [0.25, 0.3) is 21.7 Å². The number of unbranched alkanes of at least 4 members (excludes halogenated alkanes) is 1. The largest absolute Gasteiger partial charge is 0.493 e. The first-order chi connectivity index (χ1) is 13.9. The first kappa shape index (κ1) is 18.5. The normalized spacial score (nSPS) is 11.0. The first-order valence-corrected chi connectivity index (χ1v) is 10.6. The molecule has 0 unspecified atom stereocenters. The van der Waals surface area contributed by atoms with E-state index in [0.29, 0.717) is 0 Å². The molecule has 2 aromatic heterocycles. The van der Waals surface area contributed by atoms with E-state index in [1.807, 2.05) is 30.3 Å². The van der Waals surface area contributed by atoms with E-state index in [0.717, 1.165) is 49.5 Å². The van der Waals surface area contributed by atoms with Crippen molar-refractivity contribution in [3.05, 3.63) is 84.3 Å². The Morgan fingerprint density at radius 3 is 2.71 bits per heavy atom. The Morgan fingerprint density at radius 2 is 1.86 bits per heavy atom. The predicted molar refractivity (Wildman–Crippen MR) is 118 cm³/mol. The molecule has 0 aliphatic rings. The lowest BCUT2D eigenvalue weighted by atomic mass is 10.1. The standard InChI is InChI=1S/C24H24N2OS/c1-2-10-19-11-3-6-14-22(19)27-17-8-7-16-26-21-13-5-4-12-20(21)25-24(26)23-15-9-18-28-23/h2-6,9,11-15,18H,1,7-8,10,16-17H2. The van der Waals surface area contributed by atoms with Gasteiger partial charge in [0, 0.05) is 6.54 Å². The van der Waals surface area contributed by atoms with Crippen molar-refractivity contribution in [3.8, 4) is 16.5 Å². The molecule has 2 heterocycles. The Balaban J connectivity index is 1.41. The summed E-state index contributed by atoms with van der Waals surface area (Å²) in [5.74, 6) is 2.03. The van der Waals surface area contributed by atoms with Gasteiger partial charge in [-0.2, -0.15) is 0 Å². The second kappa shape index (κ2) is 8.89. The Bertz CT molecular complexity index is 1050. The van der Waals surface area contributed by atoms with Crippen molar-refractivity contribution in [1.29, 1.82) is 0 Å². The molecule has 0 N–H and O–H groups in total. The molecule has 0 fully saturated rings. The number of hydrogen-bond acceptors (Lipinski definition) is 3. The number of rotatable bonds is 9. The van der Waals surface area contributed by atoms with E-state index in [9.17, 15) is 0 Å². The van der Waals surface area contributed by atoms with E-state index in [1.165, 1.54) is 16.0 Å². The number of ether oxygens (including phenoxy) is 1. The van der Waals surface area contributed by atoms with Gasteiger partial charge in [0.05, 0.1) is 22.5 Å². The third-order valence-electron chi connectivity index (χ3n) is 4.77. The van der Waals surface area contributed by atoms with E-state index in [-0.39, 0.29) is 0 Å². The van der Waals surface area contributed by atoms with Crippen LogP contribution in [-0.2, 0) is 13.0 Å². The van der Waals surface area contributed by atoms with Crippen LogP contribution in [0.5, 0.6) is 5.75 Å². The van der Waals surface area contributed by atoms with Gasteiger partial charge in [0.2, 0.25) is 0 Å². The van der Waals surface area contributed by atoms with Crippen LogP contribution in [0.2, 0.25) is 0 Å². The second-order valence-corrected chi connectivity index (χ2v) is 7.66. The minimum atomic E-state index is 0.717. The van der Waals surface area contributed by atoms with Crippen molar-refractivity contribution in [3.63, 3.8) is 0 Å². The number of allylic oxidation sites excluding steroid dienone is 1. The predicted octanol–water partition coefficient (Wildman–Crippen LogP) is 6.35. The van der Waals surface area contributed by atoms with Gasteiger partial charge in [0.15, 0.2) is 5.82 Å². The Labute approximate surface area is 169 Å². The molecular formula is C24H24N2OS. The highest BCUT2D eigenvalue weighted by Gasteiger charge is 2.12. The molecule has 0 saturated carbocycles. The van der Waals surface area contributed by atoms with Gasteiger partial charge in [-0.3, -0.25) is 0 Å². The molecule has 0 spiro atoms. The SMILES string of the molecule is C=CCc1ccccc1OCCCCn1c(-c2cccs2)nc2ccccc21. The highest BCUT2D eigenvalue weighted by Crippen LogP contribution is 2.28. The fourth-order valence-corrected chi connectivity index (χ4v) is 4.14. The van der Waals surface area contributed by atoms with E-state index in [4.69, 9.17) is 9.72 Å². The number of benzene rings is 2. The third-order valence-corrected chi connectivity index (χ3v) is 5.63. The van der Waals surface area contributed by atoms with Crippen molar-refractivity contribution in [2.75, 3.05) is 6.61 Å². The summed E-state index contributed by atoms with van der Waals surface area (Å²) in [7, 11) is 0. The zero-order chi connectivity index (χ0) is 19.2. The minimum Gasteiger partial charge on any atom is -0.493 e. The van der Waals surface area contributed by atoms with Gasteiger partial charge in [0.1, 0.15) is 5.75 Å². The van der Waals surface area contributed by atoms with E-state index in [1.54, 1.807) is 11.3 Å². The Kier molecular flexibility index (Phi) is 5.88. The van der Waals surface area contributed by atoms with Crippen molar-refractivity contribution in [2.45, 2.75) is 25.8 Å². The number of aromatic nitrogens is 2. The number of nitrogens with zero attached hydrogens (tertiary/aromatic N) is 2. The zero-order valence-corrected chi connectivity index (χ0v) is 16.7. The molecule has 0 radical (unpaired) electrons. The third kappa shape index (κ3) is 4.02. The van der Waals surface area contributed by atoms with Crippen LogP contribution in [0.4, 0.5) is 0 Å². The fraction of sp³-hybridized carbons (Fsp3) is 0.208. The van der Waals surface area contributed by atoms with Gasteiger partial charge in [-0.1, -0.05) is 42.5 Å². The summed E-state index contributed by atoms with van der Waals surface area (Å²) in [4.78, 5) is 6.08. The Morgan fingerprint density at radius 1 is 1.00 bits per heavy atom. The molecule has 0 bridgehead atoms. The lowest BCUT2D eigenvalue weighted by Gasteiger charge is -2.11. The van der Waals surface area contributed by atoms with Gasteiger partial charge in [0.25, 0.3) is 0 Å². The highest BCUT2D eigenvalue weighted by molar-refractivity contribution is 7.13. The molecule has 4 heteroatoms. The number of fused-ring (bicyclic) bond motifs is 1. The van der Waals surface area contributed by atoms with Crippen LogP contribution >= 0.6 is 11.3 Å². The Hall–Kier alpha value is -2.85. The monoisotopic (exact) mass is 388 g/mol. The van der Waals surface area contributed by atoms with Crippen LogP contribution in [-0.4, -0.2) is 16.2 Å². The molecule has 3 nitrogen and oxygen atoms in total. The van der Waals surface area contributed by atoms with Crippen LogP contribution < -0.4 is 4.74 Å². The molecule has 28 heavy (non-hydrogen) atoms. The van der Waals surface area contributed by atoms with E-state index in [2.05, 4.69) is 52.9 Å². The van der Waals surface area contributed by atoms with Crippen molar-refractivity contribution in [1.82, 2.24) is 9.55 Å². The van der Waals surface area contributed by atoms with Gasteiger partial charge < -0.3 is 9.30 Å². The maximum absolute atomic E-state index is 6.03. The van der Waals surface area contributed by atoms with Crippen LogP contribution in [0.1, 0.15) is 18.4 Å². The maximum atomic E-state index is 6.03. The lowest BCUT2D eigenvalue weighted by Crippen LogP contribution is -2.04. The van der Waals surface area contributed by atoms with Crippen molar-refractivity contribution in [2.24, 2.45) is 0 Å². The van der Waals surface area contributed by atoms with E-state index < -0.39 is 0 Å². The van der Waals surface area contributed by atoms with Crippen molar-refractivity contribution < 1.29 is 4.74 Å². The van der Waals surface area contributed by atoms with Gasteiger partial charge in [-0.25, -0.2) is 4.98 Å². The number of aryl methyl sites for hydroxylation is 1. The first-order valence-electron chi connectivity index (χ1n) is 9.67. The van der Waals surface area contributed by atoms with Gasteiger partial charge in [-0.15, -0.1) is 17.9 Å². The smallest absolute Gasteiger partial charge is 0.151 e. The average molecular weight is 389 g/mol. The summed E-state index contributed by atoms with van der Waals surface area (Å²) in [5, 5.41) is 2.10. The van der Waals surface area contributed by atoms with Crippen LogP contribution in [0.15, 0.2) is 78.7 Å². The average Bonchev–Trinajstić information content (AvgIpc) is 3.37. The molecule has 0 aliphatic heterocycles. The fourth-order valence-electron chi connectivity index (χ4n) is 3.42. The lowest BCUT2D eigenvalue weighted by molar-refractivity contribution is 0.301. The zero-order valence-electron chi connectivity index (χ0n) is 15.9. The van der Waals surface area contributed by atoms with Crippen LogP contribution in [0, 0.1) is 0 Å². The number of imidazole rings is 1. The maximum Gasteiger partial charge on any atom is 0.151 e. The molecule has 2 aromatic carbocycles. The van der Waals surface area contributed by atoms with Crippen molar-refractivity contribution >= 4 is 22.4 Å². The topological polar surface area (TPSA) is 27.1 Å². The summed E-state index contributed by atoms with van der Waals surface area (Å²) in [5.41, 5.74) is 3.45. The summed E-state index contributed by atoms with van der Waals surface area (Å²) in [6.07, 6.45) is 4.79. The summed E-state index contributed by atoms with van der Waals surface area (Å²) >= 11 is 1.74. The minimum absolute atomic E-state index is 0.717. The van der Waals surface area contributed by atoms with Crippen LogP contribution in [0.3, 0.4) is 0 Å². The number of thiophene rings is 1. The van der Waals surface area contributed by atoms with Gasteiger partial charge >= 0.3 is 0 Å². The number of hydrogen-bond donors (Lipinski definition) is 0.